The number of rotatable bonds is 2. The van der Waals surface area contributed by atoms with Crippen LogP contribution in [0.3, 0.4) is 0 Å². The van der Waals surface area contributed by atoms with Crippen LogP contribution >= 0.6 is 12.6 Å². The number of aliphatic imine (C=N–C) groups is 3. The number of ether oxygens (including phenoxy) is 1. The molecule has 3 rings (SSSR count). The number of nitrogens with zero attached hydrogens (tertiary/aromatic N) is 3. The van der Waals surface area contributed by atoms with E-state index in [1.165, 1.54) is 12.3 Å². The van der Waals surface area contributed by atoms with Gasteiger partial charge in [0.25, 0.3) is 5.91 Å². The average molecular weight is 285 g/mol. The summed E-state index contributed by atoms with van der Waals surface area (Å²) in [5.41, 5.74) is 2.87. The number of benzene rings is 1. The van der Waals surface area contributed by atoms with Gasteiger partial charge in [0.15, 0.2) is 5.84 Å². The fourth-order valence-electron chi connectivity index (χ4n) is 2.02. The molecular formula is C14H11N3O2S. The summed E-state index contributed by atoms with van der Waals surface area (Å²) in [5.74, 6) is 0.799. The van der Waals surface area contributed by atoms with Gasteiger partial charge in [-0.25, -0.2) is 15.0 Å². The number of hydrogen-bond acceptors (Lipinski definition) is 5. The molecule has 20 heavy (non-hydrogen) atoms. The number of thiol groups is 1. The van der Waals surface area contributed by atoms with Crippen molar-refractivity contribution < 1.29 is 9.53 Å². The van der Waals surface area contributed by atoms with Crippen molar-refractivity contribution in [2.75, 3.05) is 7.11 Å². The van der Waals surface area contributed by atoms with E-state index in [0.29, 0.717) is 23.0 Å². The number of allylic oxidation sites excluding steroid dienone is 1. The second-order valence-corrected chi connectivity index (χ2v) is 4.82. The second kappa shape index (κ2) is 4.72. The van der Waals surface area contributed by atoms with Crippen molar-refractivity contribution >= 4 is 36.3 Å². The number of carbonyl (C=O) groups is 1. The van der Waals surface area contributed by atoms with Crippen LogP contribution in [0.4, 0.5) is 0 Å². The molecule has 100 valence electrons. The zero-order chi connectivity index (χ0) is 14.3. The van der Waals surface area contributed by atoms with Gasteiger partial charge < -0.3 is 4.74 Å². The molecule has 2 aliphatic heterocycles. The Bertz CT molecular complexity index is 745. The molecule has 0 spiro atoms. The monoisotopic (exact) mass is 285 g/mol. The third-order valence-corrected chi connectivity index (χ3v) is 3.62. The number of carbonyl (C=O) groups excluding carboxylic acids is 1. The lowest BCUT2D eigenvalue weighted by molar-refractivity contribution is -0.113. The van der Waals surface area contributed by atoms with Gasteiger partial charge in [-0.05, 0) is 18.6 Å². The van der Waals surface area contributed by atoms with Crippen molar-refractivity contribution in [1.29, 1.82) is 0 Å². The highest BCUT2D eigenvalue weighted by Crippen LogP contribution is 2.32. The molecule has 1 aromatic rings. The standard InChI is InChI=1S/C14H11N3O2S/c1-7-3-4-8(12(19-2)13(7)20)14-16-9-5-11(18)15-6-10(9)17-14/h3-6,20H,1-2H3. The van der Waals surface area contributed by atoms with Crippen LogP contribution in [-0.4, -0.2) is 30.8 Å². The number of hydrogen-bond donors (Lipinski definition) is 1. The lowest BCUT2D eigenvalue weighted by Gasteiger charge is -2.11. The quantitative estimate of drug-likeness (QED) is 0.845. The summed E-state index contributed by atoms with van der Waals surface area (Å²) in [6.07, 6.45) is 2.80. The van der Waals surface area contributed by atoms with Crippen LogP contribution in [0.15, 0.2) is 43.8 Å². The van der Waals surface area contributed by atoms with Crippen LogP contribution < -0.4 is 4.74 Å². The van der Waals surface area contributed by atoms with Crippen molar-refractivity contribution in [3.63, 3.8) is 0 Å². The van der Waals surface area contributed by atoms with E-state index < -0.39 is 0 Å². The molecule has 0 aromatic heterocycles. The van der Waals surface area contributed by atoms with Crippen molar-refractivity contribution in [3.05, 3.63) is 35.0 Å². The largest absolute Gasteiger partial charge is 0.495 e. The van der Waals surface area contributed by atoms with Crippen molar-refractivity contribution in [1.82, 2.24) is 0 Å². The first-order chi connectivity index (χ1) is 9.60. The smallest absolute Gasteiger partial charge is 0.271 e. The summed E-state index contributed by atoms with van der Waals surface area (Å²) >= 11 is 4.45. The van der Waals surface area contributed by atoms with Crippen LogP contribution in [0.2, 0.25) is 0 Å². The molecule has 0 bridgehead atoms. The Hall–Kier alpha value is -2.21. The number of dihydropyridines is 1. The molecule has 0 saturated carbocycles. The molecule has 0 saturated heterocycles. The van der Waals surface area contributed by atoms with Crippen molar-refractivity contribution in [2.45, 2.75) is 11.8 Å². The predicted molar refractivity (Wildman–Crippen MR) is 80.5 cm³/mol. The van der Waals surface area contributed by atoms with Crippen LogP contribution in [0.1, 0.15) is 11.1 Å². The van der Waals surface area contributed by atoms with E-state index in [4.69, 9.17) is 4.74 Å². The Morgan fingerprint density at radius 3 is 2.80 bits per heavy atom. The minimum Gasteiger partial charge on any atom is -0.495 e. The zero-order valence-electron chi connectivity index (χ0n) is 10.9. The molecule has 0 atom stereocenters. The molecule has 5 nitrogen and oxygen atoms in total. The van der Waals surface area contributed by atoms with E-state index in [0.717, 1.165) is 16.0 Å². The Morgan fingerprint density at radius 2 is 2.05 bits per heavy atom. The van der Waals surface area contributed by atoms with Gasteiger partial charge in [0.05, 0.1) is 24.6 Å². The van der Waals surface area contributed by atoms with E-state index >= 15 is 0 Å². The van der Waals surface area contributed by atoms with Crippen LogP contribution in [-0.2, 0) is 4.79 Å². The fraction of sp³-hybridized carbons (Fsp3) is 0.143. The highest BCUT2D eigenvalue weighted by atomic mass is 32.1. The van der Waals surface area contributed by atoms with E-state index in [2.05, 4.69) is 27.6 Å². The Kier molecular flexibility index (Phi) is 3.02. The van der Waals surface area contributed by atoms with Crippen molar-refractivity contribution in [3.8, 4) is 5.75 Å². The maximum absolute atomic E-state index is 11.2. The molecule has 2 heterocycles. The molecule has 0 radical (unpaired) electrons. The van der Waals surface area contributed by atoms with E-state index in [9.17, 15) is 4.79 Å². The minimum atomic E-state index is -0.324. The third-order valence-electron chi connectivity index (χ3n) is 3.07. The maximum atomic E-state index is 11.2. The van der Waals surface area contributed by atoms with Gasteiger partial charge in [0, 0.05) is 11.0 Å². The van der Waals surface area contributed by atoms with E-state index in [-0.39, 0.29) is 5.91 Å². The van der Waals surface area contributed by atoms with E-state index in [1.807, 2.05) is 19.1 Å². The lowest BCUT2D eigenvalue weighted by atomic mass is 10.1. The number of amidine groups is 1. The summed E-state index contributed by atoms with van der Waals surface area (Å²) in [4.78, 5) is 24.4. The average Bonchev–Trinajstić information content (AvgIpc) is 2.84. The molecular weight excluding hydrogens is 274 g/mol. The van der Waals surface area contributed by atoms with Gasteiger partial charge >= 0.3 is 0 Å². The number of methoxy groups -OCH3 is 1. The molecule has 1 amide bonds. The summed E-state index contributed by atoms with van der Waals surface area (Å²) in [7, 11) is 1.58. The van der Waals surface area contributed by atoms with Gasteiger partial charge in [-0.15, -0.1) is 12.6 Å². The first-order valence-electron chi connectivity index (χ1n) is 5.94. The maximum Gasteiger partial charge on any atom is 0.271 e. The van der Waals surface area contributed by atoms with Gasteiger partial charge in [-0.1, -0.05) is 6.07 Å². The number of fused-ring (bicyclic) bond motifs is 1. The van der Waals surface area contributed by atoms with Crippen molar-refractivity contribution in [2.24, 2.45) is 15.0 Å². The highest BCUT2D eigenvalue weighted by molar-refractivity contribution is 7.80. The Balaban J connectivity index is 2.13. The second-order valence-electron chi connectivity index (χ2n) is 4.37. The topological polar surface area (TPSA) is 63.4 Å². The van der Waals surface area contributed by atoms with Gasteiger partial charge in [-0.3, -0.25) is 4.79 Å². The van der Waals surface area contributed by atoms with Gasteiger partial charge in [0.1, 0.15) is 11.5 Å². The Morgan fingerprint density at radius 1 is 1.25 bits per heavy atom. The SMILES string of the molecule is COc1c(C2=NC3=CC(=O)N=CC3=N2)ccc(C)c1S. The molecule has 0 aliphatic carbocycles. The summed E-state index contributed by atoms with van der Waals surface area (Å²) < 4.78 is 5.40. The van der Waals surface area contributed by atoms with Crippen LogP contribution in [0.25, 0.3) is 0 Å². The molecule has 2 aliphatic rings. The normalized spacial score (nSPS) is 16.6. The summed E-state index contributed by atoms with van der Waals surface area (Å²) in [6, 6.07) is 3.81. The van der Waals surface area contributed by atoms with Gasteiger partial charge in [-0.2, -0.15) is 0 Å². The number of amides is 1. The van der Waals surface area contributed by atoms with Crippen LogP contribution in [0, 0.1) is 6.92 Å². The predicted octanol–water partition coefficient (Wildman–Crippen LogP) is 1.99. The summed E-state index contributed by atoms with van der Waals surface area (Å²) in [6.45, 7) is 1.95. The zero-order valence-corrected chi connectivity index (χ0v) is 11.8. The minimum absolute atomic E-state index is 0.324. The van der Waals surface area contributed by atoms with Gasteiger partial charge in [0.2, 0.25) is 0 Å². The number of aryl methyl sites for hydroxylation is 1. The summed E-state index contributed by atoms with van der Waals surface area (Å²) in [5, 5.41) is 0. The lowest BCUT2D eigenvalue weighted by Crippen LogP contribution is -2.08. The fourth-order valence-corrected chi connectivity index (χ4v) is 2.31. The Labute approximate surface area is 121 Å². The molecule has 0 fully saturated rings. The first-order valence-corrected chi connectivity index (χ1v) is 6.39. The molecule has 0 N–H and O–H groups in total. The highest BCUT2D eigenvalue weighted by Gasteiger charge is 2.23. The molecule has 1 aromatic carbocycles. The van der Waals surface area contributed by atoms with E-state index in [1.54, 1.807) is 7.11 Å². The van der Waals surface area contributed by atoms with Crippen LogP contribution in [0.5, 0.6) is 5.75 Å². The molecule has 6 heteroatoms. The third kappa shape index (κ3) is 1.98. The molecule has 0 unspecified atom stereocenters. The first kappa shape index (κ1) is 12.8.